The van der Waals surface area contributed by atoms with Gasteiger partial charge in [0, 0.05) is 29.6 Å². The largest absolute Gasteiger partial charge is 0.375 e. The van der Waals surface area contributed by atoms with Crippen molar-refractivity contribution in [1.82, 2.24) is 14.3 Å². The number of nitriles is 1. The molecule has 1 fully saturated rings. The molecule has 0 saturated carbocycles. The third-order valence-corrected chi connectivity index (χ3v) is 7.26. The molecule has 1 amide bonds. The van der Waals surface area contributed by atoms with Crippen LogP contribution in [-0.4, -0.2) is 42.6 Å². The Balaban J connectivity index is 1.65. The van der Waals surface area contributed by atoms with Crippen molar-refractivity contribution in [2.24, 2.45) is 0 Å². The normalized spacial score (nSPS) is 19.9. The van der Waals surface area contributed by atoms with Gasteiger partial charge in [0.05, 0.1) is 24.4 Å². The van der Waals surface area contributed by atoms with E-state index in [9.17, 15) is 17.6 Å². The summed E-state index contributed by atoms with van der Waals surface area (Å²) in [5.74, 6) is -1.41. The minimum atomic E-state index is -3.91. The maximum Gasteiger partial charge on any atom is 0.299 e. The van der Waals surface area contributed by atoms with Crippen LogP contribution in [0.2, 0.25) is 0 Å². The van der Waals surface area contributed by atoms with Crippen molar-refractivity contribution in [1.29, 1.82) is 5.26 Å². The molecule has 2 aromatic rings. The summed E-state index contributed by atoms with van der Waals surface area (Å²) in [6.45, 7) is 4.47. The number of hydrogen-bond acceptors (Lipinski definition) is 6. The predicted octanol–water partition coefficient (Wildman–Crippen LogP) is 2.60. The van der Waals surface area contributed by atoms with Gasteiger partial charge in [0.25, 0.3) is 16.1 Å². The molecular weight excluding hydrogens is 463 g/mol. The summed E-state index contributed by atoms with van der Waals surface area (Å²) in [5.41, 5.74) is 1.82. The van der Waals surface area contributed by atoms with E-state index < -0.39 is 22.1 Å². The third kappa shape index (κ3) is 4.91. The Bertz CT molecular complexity index is 1250. The van der Waals surface area contributed by atoms with Crippen LogP contribution < -0.4 is 14.8 Å². The molecule has 2 atom stereocenters. The topological polar surface area (TPSA) is 138 Å². The average molecular weight is 491 g/mol. The zero-order valence-electron chi connectivity index (χ0n) is 19.0. The smallest absolute Gasteiger partial charge is 0.299 e. The highest BCUT2D eigenvalue weighted by molar-refractivity contribution is 7.90. The van der Waals surface area contributed by atoms with Gasteiger partial charge in [-0.1, -0.05) is 13.3 Å². The fraction of sp³-hybridized carbons (Fsp3) is 0.500. The Morgan fingerprint density at radius 3 is 2.82 bits per heavy atom. The number of carbonyl (C=O) groups is 1. The molecule has 4 heterocycles. The van der Waals surface area contributed by atoms with Crippen molar-refractivity contribution in [2.45, 2.75) is 64.6 Å². The first kappa shape index (κ1) is 24.1. The molecule has 4 rings (SSSR count). The van der Waals surface area contributed by atoms with E-state index in [-0.39, 0.29) is 23.5 Å². The second kappa shape index (κ2) is 9.69. The van der Waals surface area contributed by atoms with E-state index in [0.29, 0.717) is 42.9 Å². The van der Waals surface area contributed by atoms with E-state index in [1.54, 1.807) is 13.0 Å². The summed E-state index contributed by atoms with van der Waals surface area (Å²) in [4.78, 5) is 16.7. The van der Waals surface area contributed by atoms with Crippen molar-refractivity contribution in [3.05, 3.63) is 40.7 Å². The number of halogens is 1. The molecule has 182 valence electrons. The van der Waals surface area contributed by atoms with Crippen LogP contribution in [0.4, 0.5) is 15.8 Å². The van der Waals surface area contributed by atoms with Crippen molar-refractivity contribution in [3.63, 3.8) is 0 Å². The summed E-state index contributed by atoms with van der Waals surface area (Å²) in [6.07, 6.45) is 3.79. The number of hydrogen-bond donors (Lipinski definition) is 3. The number of rotatable bonds is 7. The Kier molecular flexibility index (Phi) is 6.88. The molecular formula is C22H27FN6O4S. The second-order valence-corrected chi connectivity index (χ2v) is 9.94. The minimum Gasteiger partial charge on any atom is -0.375 e. The first-order valence-electron chi connectivity index (χ1n) is 11.2. The monoisotopic (exact) mass is 490 g/mol. The lowest BCUT2D eigenvalue weighted by atomic mass is 10.1. The number of fused-ring (bicyclic) bond motifs is 1. The summed E-state index contributed by atoms with van der Waals surface area (Å²) in [7, 11) is -3.91. The summed E-state index contributed by atoms with van der Waals surface area (Å²) in [5, 5.41) is 11.6. The molecule has 0 aromatic carbocycles. The van der Waals surface area contributed by atoms with E-state index in [0.717, 1.165) is 31.0 Å². The van der Waals surface area contributed by atoms with Crippen LogP contribution in [0.5, 0.6) is 0 Å². The van der Waals surface area contributed by atoms with E-state index in [1.807, 2.05) is 11.5 Å². The average Bonchev–Trinajstić information content (AvgIpc) is 2.91. The van der Waals surface area contributed by atoms with Gasteiger partial charge < -0.3 is 14.6 Å². The highest BCUT2D eigenvalue weighted by Gasteiger charge is 2.35. The van der Waals surface area contributed by atoms with Gasteiger partial charge in [-0.3, -0.25) is 9.52 Å². The zero-order valence-corrected chi connectivity index (χ0v) is 19.8. The van der Waals surface area contributed by atoms with E-state index >= 15 is 0 Å². The quantitative estimate of drug-likeness (QED) is 0.510. The van der Waals surface area contributed by atoms with E-state index in [2.05, 4.69) is 19.7 Å². The zero-order chi connectivity index (χ0) is 24.5. The van der Waals surface area contributed by atoms with Crippen LogP contribution in [0.25, 0.3) is 0 Å². The highest BCUT2D eigenvalue weighted by Crippen LogP contribution is 2.33. The SMILES string of the molecule is CCC1OCC1NS(=O)(=O)Nc1c(C)c(C(=O)Nc2cc(F)nc(C#N)c2)n2c1CCCCC2. The minimum absolute atomic E-state index is 0.0945. The fourth-order valence-corrected chi connectivity index (χ4v) is 5.72. The fourth-order valence-electron chi connectivity index (χ4n) is 4.50. The molecule has 34 heavy (non-hydrogen) atoms. The molecule has 2 unspecified atom stereocenters. The number of nitrogens with zero attached hydrogens (tertiary/aromatic N) is 3. The van der Waals surface area contributed by atoms with Crippen molar-refractivity contribution < 1.29 is 22.3 Å². The first-order chi connectivity index (χ1) is 16.2. The molecule has 10 nitrogen and oxygen atoms in total. The Labute approximate surface area is 197 Å². The second-order valence-electron chi connectivity index (χ2n) is 8.50. The van der Waals surface area contributed by atoms with Gasteiger partial charge in [-0.05, 0) is 38.7 Å². The van der Waals surface area contributed by atoms with Gasteiger partial charge in [-0.2, -0.15) is 22.8 Å². The van der Waals surface area contributed by atoms with Crippen molar-refractivity contribution >= 4 is 27.5 Å². The van der Waals surface area contributed by atoms with Gasteiger partial charge in [0.1, 0.15) is 17.5 Å². The third-order valence-electron chi connectivity index (χ3n) is 6.18. The molecule has 12 heteroatoms. The summed E-state index contributed by atoms with van der Waals surface area (Å²) < 4.78 is 52.0. The van der Waals surface area contributed by atoms with Gasteiger partial charge >= 0.3 is 0 Å². The molecule has 0 radical (unpaired) electrons. The molecule has 0 aliphatic carbocycles. The lowest BCUT2D eigenvalue weighted by molar-refractivity contribution is -0.0797. The number of carbonyl (C=O) groups excluding carboxylic acids is 1. The van der Waals surface area contributed by atoms with Crippen LogP contribution in [0.3, 0.4) is 0 Å². The Hall–Kier alpha value is -3.01. The predicted molar refractivity (Wildman–Crippen MR) is 123 cm³/mol. The molecule has 2 aliphatic heterocycles. The molecule has 1 saturated heterocycles. The van der Waals surface area contributed by atoms with Gasteiger partial charge in [0.15, 0.2) is 0 Å². The Morgan fingerprint density at radius 1 is 1.35 bits per heavy atom. The number of aromatic nitrogens is 2. The molecule has 0 bridgehead atoms. The van der Waals surface area contributed by atoms with Gasteiger partial charge in [-0.15, -0.1) is 0 Å². The number of nitrogens with one attached hydrogen (secondary N) is 3. The maximum absolute atomic E-state index is 13.7. The molecule has 2 aromatic heterocycles. The van der Waals surface area contributed by atoms with Crippen LogP contribution in [0, 0.1) is 24.2 Å². The number of ether oxygens (including phenoxy) is 1. The van der Waals surface area contributed by atoms with Crippen LogP contribution >= 0.6 is 0 Å². The van der Waals surface area contributed by atoms with E-state index in [4.69, 9.17) is 10.00 Å². The van der Waals surface area contributed by atoms with Crippen LogP contribution in [-0.2, 0) is 27.9 Å². The Morgan fingerprint density at radius 2 is 2.15 bits per heavy atom. The van der Waals surface area contributed by atoms with Crippen LogP contribution in [0.15, 0.2) is 12.1 Å². The molecule has 3 N–H and O–H groups in total. The first-order valence-corrected chi connectivity index (χ1v) is 12.7. The highest BCUT2D eigenvalue weighted by atomic mass is 32.2. The molecule has 0 spiro atoms. The summed E-state index contributed by atoms with van der Waals surface area (Å²) >= 11 is 0. The van der Waals surface area contributed by atoms with Crippen molar-refractivity contribution in [2.75, 3.05) is 16.6 Å². The molecule has 2 aliphatic rings. The summed E-state index contributed by atoms with van der Waals surface area (Å²) in [6, 6.07) is 3.75. The lowest BCUT2D eigenvalue weighted by Crippen LogP contribution is -2.56. The number of anilines is 2. The van der Waals surface area contributed by atoms with Crippen LogP contribution in [0.1, 0.15) is 60.0 Å². The van der Waals surface area contributed by atoms with Gasteiger partial charge in [0.2, 0.25) is 5.95 Å². The number of pyridine rings is 1. The number of amides is 1. The van der Waals surface area contributed by atoms with Crippen molar-refractivity contribution in [3.8, 4) is 6.07 Å². The lowest BCUT2D eigenvalue weighted by Gasteiger charge is -2.36. The van der Waals surface area contributed by atoms with Gasteiger partial charge in [-0.25, -0.2) is 4.98 Å². The maximum atomic E-state index is 13.7. The van der Waals surface area contributed by atoms with E-state index in [1.165, 1.54) is 6.07 Å². The standard InChI is InChI=1S/C22H27FN6O4S/c1-3-18-16(12-33-18)27-34(31,32)28-20-13(2)21(29-8-6-4-5-7-17(20)29)22(30)26-14-9-15(11-24)25-19(23)10-14/h9-10,16,18,27-28H,3-8,12H2,1-2H3,(H,25,26,30).